The molecule has 1 aliphatic rings. The topological polar surface area (TPSA) is 87.5 Å². The van der Waals surface area contributed by atoms with Crippen LogP contribution in [0.3, 0.4) is 0 Å². The molecule has 1 saturated heterocycles. The summed E-state index contributed by atoms with van der Waals surface area (Å²) in [5.74, 6) is 0.746. The Morgan fingerprint density at radius 1 is 1.12 bits per heavy atom. The summed E-state index contributed by atoms with van der Waals surface area (Å²) in [6.45, 7) is 14.9. The van der Waals surface area contributed by atoms with Gasteiger partial charge in [-0.25, -0.2) is 9.50 Å². The van der Waals surface area contributed by atoms with Gasteiger partial charge in [0.05, 0.1) is 11.9 Å². The number of carbonyl (C=O) groups excluding carboxylic acids is 1. The molecule has 4 heterocycles. The predicted octanol–water partition coefficient (Wildman–Crippen LogP) is 4.31. The Kier molecular flexibility index (Phi) is 8.98. The van der Waals surface area contributed by atoms with Crippen molar-refractivity contribution in [2.24, 2.45) is 0 Å². The molecule has 2 atom stereocenters. The van der Waals surface area contributed by atoms with Gasteiger partial charge in [0, 0.05) is 49.2 Å². The van der Waals surface area contributed by atoms with Crippen molar-refractivity contribution in [1.29, 1.82) is 0 Å². The van der Waals surface area contributed by atoms with E-state index in [4.69, 9.17) is 0 Å². The highest BCUT2D eigenvalue weighted by Crippen LogP contribution is 2.25. The van der Waals surface area contributed by atoms with Gasteiger partial charge in [-0.3, -0.25) is 9.78 Å². The van der Waals surface area contributed by atoms with Gasteiger partial charge in [0.15, 0.2) is 5.65 Å². The van der Waals surface area contributed by atoms with Gasteiger partial charge in [0.1, 0.15) is 5.82 Å². The maximum absolute atomic E-state index is 11.4. The highest BCUT2D eigenvalue weighted by molar-refractivity contribution is 5.90. The molecule has 8 heteroatoms. The van der Waals surface area contributed by atoms with Crippen molar-refractivity contribution in [3.8, 4) is 0 Å². The van der Waals surface area contributed by atoms with E-state index in [9.17, 15) is 4.79 Å². The highest BCUT2D eigenvalue weighted by Gasteiger charge is 2.23. The first-order chi connectivity index (χ1) is 16.3. The molecular formula is C26H39N7O. The number of pyridine rings is 2. The third-order valence-corrected chi connectivity index (χ3v) is 5.84. The number of aromatic nitrogens is 4. The van der Waals surface area contributed by atoms with Crippen LogP contribution in [0.1, 0.15) is 64.0 Å². The fourth-order valence-corrected chi connectivity index (χ4v) is 4.48. The summed E-state index contributed by atoms with van der Waals surface area (Å²) >= 11 is 0. The number of aryl methyl sites for hydroxylation is 2. The maximum Gasteiger partial charge on any atom is 0.224 e. The average Bonchev–Trinajstić information content (AvgIpc) is 3.14. The number of nitrogens with one attached hydrogen (secondary N) is 2. The standard InChI is InChI=1S/C15H25N3.C11H14N4O/c1-5-6-14-13(4)16-8-7-15(14)18-9-11(2)17-12(3)10-18;1-3-4-11(16)13-9-5-6-10-12-8(2)14-15(10)7-9/h7-8,11-12,17H,5-6,9-10H2,1-4H3;5-7H,3-4H2,1-2H3,(H,13,16). The van der Waals surface area contributed by atoms with Crippen LogP contribution < -0.4 is 15.5 Å². The minimum Gasteiger partial charge on any atom is -0.368 e. The van der Waals surface area contributed by atoms with Crippen LogP contribution in [0.4, 0.5) is 11.4 Å². The molecule has 3 aromatic heterocycles. The number of anilines is 2. The summed E-state index contributed by atoms with van der Waals surface area (Å²) in [7, 11) is 0. The predicted molar refractivity (Wildman–Crippen MR) is 139 cm³/mol. The summed E-state index contributed by atoms with van der Waals surface area (Å²) in [5, 5.41) is 10.6. The zero-order chi connectivity index (χ0) is 24.7. The van der Waals surface area contributed by atoms with Crippen LogP contribution >= 0.6 is 0 Å². The molecule has 0 radical (unpaired) electrons. The van der Waals surface area contributed by atoms with E-state index < -0.39 is 0 Å². The molecule has 1 amide bonds. The molecule has 0 spiro atoms. The third-order valence-electron chi connectivity index (χ3n) is 5.84. The Labute approximate surface area is 203 Å². The zero-order valence-electron chi connectivity index (χ0n) is 21.4. The molecule has 0 saturated carbocycles. The molecule has 34 heavy (non-hydrogen) atoms. The molecule has 3 aromatic rings. The summed E-state index contributed by atoms with van der Waals surface area (Å²) in [6.07, 6.45) is 7.40. The number of nitrogens with zero attached hydrogens (tertiary/aromatic N) is 5. The monoisotopic (exact) mass is 465 g/mol. The molecule has 2 N–H and O–H groups in total. The number of amides is 1. The van der Waals surface area contributed by atoms with E-state index in [-0.39, 0.29) is 5.91 Å². The lowest BCUT2D eigenvalue weighted by atomic mass is 10.0. The van der Waals surface area contributed by atoms with E-state index in [0.717, 1.165) is 43.1 Å². The minimum absolute atomic E-state index is 0.0266. The molecule has 184 valence electrons. The Bertz CT molecular complexity index is 1080. The minimum atomic E-state index is 0.0266. The van der Waals surface area contributed by atoms with E-state index in [0.29, 0.717) is 18.5 Å². The molecule has 2 unspecified atom stereocenters. The highest BCUT2D eigenvalue weighted by atomic mass is 16.1. The van der Waals surface area contributed by atoms with Gasteiger partial charge in [0.25, 0.3) is 0 Å². The van der Waals surface area contributed by atoms with Gasteiger partial charge >= 0.3 is 0 Å². The lowest BCUT2D eigenvalue weighted by Gasteiger charge is -2.38. The molecule has 0 bridgehead atoms. The smallest absolute Gasteiger partial charge is 0.224 e. The van der Waals surface area contributed by atoms with Gasteiger partial charge in [0.2, 0.25) is 5.91 Å². The summed E-state index contributed by atoms with van der Waals surface area (Å²) < 4.78 is 1.66. The Hall–Kier alpha value is -3.00. The van der Waals surface area contributed by atoms with E-state index in [1.54, 1.807) is 10.7 Å². The van der Waals surface area contributed by atoms with Crippen LogP contribution in [0.2, 0.25) is 0 Å². The quantitative estimate of drug-likeness (QED) is 0.564. The first-order valence-corrected chi connectivity index (χ1v) is 12.4. The summed E-state index contributed by atoms with van der Waals surface area (Å²) in [4.78, 5) is 22.6. The third kappa shape index (κ3) is 6.76. The summed E-state index contributed by atoms with van der Waals surface area (Å²) in [6, 6.07) is 6.95. The van der Waals surface area contributed by atoms with E-state index in [1.807, 2.05) is 32.2 Å². The van der Waals surface area contributed by atoms with Crippen LogP contribution in [0.5, 0.6) is 0 Å². The molecule has 1 fully saturated rings. The number of piperazine rings is 1. The SMILES string of the molecule is CCCC(=O)Nc1ccc2nc(C)nn2c1.CCCc1c(N2CC(C)NC(C)C2)ccnc1C. The summed E-state index contributed by atoms with van der Waals surface area (Å²) in [5.41, 5.74) is 5.54. The van der Waals surface area contributed by atoms with Crippen molar-refractivity contribution in [2.45, 2.75) is 79.3 Å². The van der Waals surface area contributed by atoms with Gasteiger partial charge in [-0.15, -0.1) is 0 Å². The number of fused-ring (bicyclic) bond motifs is 1. The Morgan fingerprint density at radius 2 is 1.85 bits per heavy atom. The van der Waals surface area contributed by atoms with E-state index in [2.05, 4.69) is 64.4 Å². The van der Waals surface area contributed by atoms with Crippen LogP contribution in [-0.4, -0.2) is 50.7 Å². The Balaban J connectivity index is 0.000000192. The number of hydrogen-bond donors (Lipinski definition) is 2. The molecule has 0 aromatic carbocycles. The van der Waals surface area contributed by atoms with E-state index in [1.165, 1.54) is 23.4 Å². The van der Waals surface area contributed by atoms with Crippen molar-refractivity contribution in [3.05, 3.63) is 47.7 Å². The van der Waals surface area contributed by atoms with Crippen molar-refractivity contribution < 1.29 is 4.79 Å². The number of carbonyl (C=O) groups is 1. The van der Waals surface area contributed by atoms with Crippen molar-refractivity contribution >= 4 is 22.9 Å². The van der Waals surface area contributed by atoms with E-state index >= 15 is 0 Å². The maximum atomic E-state index is 11.4. The number of hydrogen-bond acceptors (Lipinski definition) is 6. The molecular weight excluding hydrogens is 426 g/mol. The molecule has 4 rings (SSSR count). The second-order valence-electron chi connectivity index (χ2n) is 9.20. The normalized spacial score (nSPS) is 17.9. The largest absolute Gasteiger partial charge is 0.368 e. The van der Waals surface area contributed by atoms with Crippen LogP contribution in [-0.2, 0) is 11.2 Å². The second-order valence-corrected chi connectivity index (χ2v) is 9.20. The average molecular weight is 466 g/mol. The fourth-order valence-electron chi connectivity index (χ4n) is 4.48. The van der Waals surface area contributed by atoms with Crippen molar-refractivity contribution in [1.82, 2.24) is 24.9 Å². The molecule has 8 nitrogen and oxygen atoms in total. The van der Waals surface area contributed by atoms with Gasteiger partial charge in [-0.05, 0) is 64.3 Å². The van der Waals surface area contributed by atoms with Crippen molar-refractivity contribution in [2.75, 3.05) is 23.3 Å². The fraction of sp³-hybridized carbons (Fsp3) is 0.538. The van der Waals surface area contributed by atoms with Gasteiger partial charge < -0.3 is 15.5 Å². The lowest BCUT2D eigenvalue weighted by molar-refractivity contribution is -0.116. The second kappa shape index (κ2) is 11.9. The first-order valence-electron chi connectivity index (χ1n) is 12.4. The first kappa shape index (κ1) is 25.6. The van der Waals surface area contributed by atoms with Crippen LogP contribution in [0, 0.1) is 13.8 Å². The Morgan fingerprint density at radius 3 is 2.53 bits per heavy atom. The number of rotatable bonds is 6. The zero-order valence-corrected chi connectivity index (χ0v) is 21.4. The van der Waals surface area contributed by atoms with Crippen LogP contribution in [0.25, 0.3) is 5.65 Å². The van der Waals surface area contributed by atoms with Crippen molar-refractivity contribution in [3.63, 3.8) is 0 Å². The van der Waals surface area contributed by atoms with Gasteiger partial charge in [-0.1, -0.05) is 20.3 Å². The molecule has 0 aliphatic carbocycles. The van der Waals surface area contributed by atoms with Gasteiger partial charge in [-0.2, -0.15) is 5.10 Å². The lowest BCUT2D eigenvalue weighted by Crippen LogP contribution is -2.54. The molecule has 1 aliphatic heterocycles. The van der Waals surface area contributed by atoms with Crippen LogP contribution in [0.15, 0.2) is 30.6 Å².